The van der Waals surface area contributed by atoms with Crippen molar-refractivity contribution in [2.24, 2.45) is 17.6 Å². The van der Waals surface area contributed by atoms with Crippen molar-refractivity contribution >= 4 is 12.4 Å². The Morgan fingerprint density at radius 3 is 2.25 bits per heavy atom. The van der Waals surface area contributed by atoms with Crippen molar-refractivity contribution in [1.29, 1.82) is 0 Å². The predicted molar refractivity (Wildman–Crippen MR) is 35.0 cm³/mol. The molecule has 0 bridgehead atoms. The van der Waals surface area contributed by atoms with Gasteiger partial charge in [0.2, 0.25) is 0 Å². The Labute approximate surface area is 55.5 Å². The molecule has 2 nitrogen and oxygen atoms in total. The first-order valence-electron chi connectivity index (χ1n) is 2.69. The molecule has 1 rings (SSSR count). The highest BCUT2D eigenvalue weighted by Crippen LogP contribution is 2.36. The van der Waals surface area contributed by atoms with Gasteiger partial charge in [0.05, 0.1) is 0 Å². The zero-order valence-corrected chi connectivity index (χ0v) is 5.53. The molecule has 0 aliphatic heterocycles. The molecule has 2 atom stereocenters. The van der Waals surface area contributed by atoms with Crippen LogP contribution >= 0.6 is 12.4 Å². The maximum Gasteiger partial charge on any atom is 0.0462 e. The third-order valence-corrected chi connectivity index (χ3v) is 1.61. The highest BCUT2D eigenvalue weighted by Gasteiger charge is 2.34. The minimum Gasteiger partial charge on any atom is -0.396 e. The van der Waals surface area contributed by atoms with E-state index in [-0.39, 0.29) is 12.4 Å². The first-order valence-corrected chi connectivity index (χ1v) is 2.69. The first kappa shape index (κ1) is 8.21. The molecule has 0 radical (unpaired) electrons. The fourth-order valence-electron chi connectivity index (χ4n) is 0.823. The van der Waals surface area contributed by atoms with Crippen LogP contribution in [0.1, 0.15) is 6.42 Å². The summed E-state index contributed by atoms with van der Waals surface area (Å²) in [6.07, 6.45) is 1.15. The van der Waals surface area contributed by atoms with Gasteiger partial charge < -0.3 is 10.8 Å². The van der Waals surface area contributed by atoms with E-state index in [1.165, 1.54) is 0 Å². The Hall–Kier alpha value is 0.210. The van der Waals surface area contributed by atoms with Crippen LogP contribution in [0.2, 0.25) is 0 Å². The van der Waals surface area contributed by atoms with Gasteiger partial charge in [-0.05, 0) is 24.8 Å². The minimum absolute atomic E-state index is 0. The summed E-state index contributed by atoms with van der Waals surface area (Å²) < 4.78 is 0. The molecule has 0 aromatic rings. The highest BCUT2D eigenvalue weighted by atomic mass is 35.5. The van der Waals surface area contributed by atoms with Gasteiger partial charge in [0.25, 0.3) is 0 Å². The molecule has 1 aliphatic carbocycles. The quantitative estimate of drug-likeness (QED) is 0.563. The van der Waals surface area contributed by atoms with Gasteiger partial charge in [0, 0.05) is 6.61 Å². The van der Waals surface area contributed by atoms with Crippen molar-refractivity contribution in [3.05, 3.63) is 0 Å². The Morgan fingerprint density at radius 2 is 2.12 bits per heavy atom. The van der Waals surface area contributed by atoms with Gasteiger partial charge >= 0.3 is 0 Å². The maximum atomic E-state index is 8.45. The topological polar surface area (TPSA) is 46.2 Å². The van der Waals surface area contributed by atoms with Crippen LogP contribution in [-0.2, 0) is 0 Å². The number of hydrogen-bond donors (Lipinski definition) is 2. The molecule has 3 heteroatoms. The summed E-state index contributed by atoms with van der Waals surface area (Å²) in [6.45, 7) is 1.09. The molecule has 0 amide bonds. The van der Waals surface area contributed by atoms with E-state index in [2.05, 4.69) is 0 Å². The number of hydrogen-bond acceptors (Lipinski definition) is 2. The third kappa shape index (κ3) is 1.62. The fourth-order valence-corrected chi connectivity index (χ4v) is 0.823. The summed E-state index contributed by atoms with van der Waals surface area (Å²) in [7, 11) is 0. The largest absolute Gasteiger partial charge is 0.396 e. The molecule has 1 saturated carbocycles. The molecule has 0 aromatic heterocycles. The highest BCUT2D eigenvalue weighted by molar-refractivity contribution is 5.85. The average molecular weight is 138 g/mol. The number of aliphatic hydroxyl groups excluding tert-OH is 1. The van der Waals surface area contributed by atoms with Crippen molar-refractivity contribution < 1.29 is 5.11 Å². The molecule has 3 N–H and O–H groups in total. The molecule has 1 aliphatic rings. The molecule has 50 valence electrons. The van der Waals surface area contributed by atoms with Crippen LogP contribution in [0, 0.1) is 11.8 Å². The van der Waals surface area contributed by atoms with Gasteiger partial charge in [-0.25, -0.2) is 0 Å². The average Bonchev–Trinajstić information content (AvgIpc) is 2.43. The van der Waals surface area contributed by atoms with Crippen molar-refractivity contribution in [2.75, 3.05) is 13.2 Å². The van der Waals surface area contributed by atoms with E-state index in [4.69, 9.17) is 10.8 Å². The molecule has 8 heavy (non-hydrogen) atoms. The number of rotatable bonds is 2. The van der Waals surface area contributed by atoms with Crippen molar-refractivity contribution in [3.63, 3.8) is 0 Å². The molecule has 0 heterocycles. The molecular formula is C5H12ClNO. The zero-order valence-electron chi connectivity index (χ0n) is 4.71. The molecular weight excluding hydrogens is 126 g/mol. The van der Waals surface area contributed by atoms with E-state index in [1.54, 1.807) is 0 Å². The lowest BCUT2D eigenvalue weighted by atomic mass is 10.3. The molecule has 0 aromatic carbocycles. The van der Waals surface area contributed by atoms with Crippen LogP contribution < -0.4 is 5.73 Å². The van der Waals surface area contributed by atoms with Crippen LogP contribution in [0.4, 0.5) is 0 Å². The Bertz CT molecular complexity index is 61.4. The van der Waals surface area contributed by atoms with Crippen LogP contribution in [0.25, 0.3) is 0 Å². The summed E-state index contributed by atoms with van der Waals surface area (Å²) in [5, 5.41) is 8.45. The minimum atomic E-state index is 0. The Morgan fingerprint density at radius 1 is 1.50 bits per heavy atom. The first-order chi connectivity index (χ1) is 3.38. The summed E-state index contributed by atoms with van der Waals surface area (Å²) in [4.78, 5) is 0. The van der Waals surface area contributed by atoms with Gasteiger partial charge in [-0.1, -0.05) is 0 Å². The van der Waals surface area contributed by atoms with Gasteiger partial charge in [0.15, 0.2) is 0 Å². The van der Waals surface area contributed by atoms with Crippen molar-refractivity contribution in [2.45, 2.75) is 6.42 Å². The van der Waals surface area contributed by atoms with Gasteiger partial charge in [-0.3, -0.25) is 0 Å². The zero-order chi connectivity index (χ0) is 5.28. The van der Waals surface area contributed by atoms with Gasteiger partial charge in [-0.2, -0.15) is 0 Å². The van der Waals surface area contributed by atoms with E-state index in [1.807, 2.05) is 0 Å². The normalized spacial score (nSPS) is 33.8. The number of nitrogens with two attached hydrogens (primary N) is 1. The molecule has 0 saturated heterocycles. The summed E-state index contributed by atoms with van der Waals surface area (Å²) in [5.74, 6) is 1.19. The Balaban J connectivity index is 0.000000490. The van der Waals surface area contributed by atoms with Crippen LogP contribution in [0.3, 0.4) is 0 Å². The lowest BCUT2D eigenvalue weighted by Gasteiger charge is -1.85. The second-order valence-corrected chi connectivity index (χ2v) is 2.17. The lowest BCUT2D eigenvalue weighted by Crippen LogP contribution is -2.03. The molecule has 2 unspecified atom stereocenters. The summed E-state index contributed by atoms with van der Waals surface area (Å²) >= 11 is 0. The summed E-state index contributed by atoms with van der Waals surface area (Å²) in [6, 6.07) is 0. The van der Waals surface area contributed by atoms with E-state index in [9.17, 15) is 0 Å². The van der Waals surface area contributed by atoms with Gasteiger partial charge in [-0.15, -0.1) is 12.4 Å². The number of aliphatic hydroxyl groups is 1. The van der Waals surface area contributed by atoms with Crippen LogP contribution in [0.15, 0.2) is 0 Å². The Kier molecular flexibility index (Phi) is 3.36. The van der Waals surface area contributed by atoms with Crippen LogP contribution in [0.5, 0.6) is 0 Å². The molecule has 0 spiro atoms. The fraction of sp³-hybridized carbons (Fsp3) is 1.00. The summed E-state index contributed by atoms with van der Waals surface area (Å²) in [5.41, 5.74) is 5.29. The van der Waals surface area contributed by atoms with Crippen LogP contribution in [-0.4, -0.2) is 18.3 Å². The second-order valence-electron chi connectivity index (χ2n) is 2.17. The third-order valence-electron chi connectivity index (χ3n) is 1.61. The van der Waals surface area contributed by atoms with E-state index in [0.717, 1.165) is 13.0 Å². The monoisotopic (exact) mass is 137 g/mol. The number of halogens is 1. The van der Waals surface area contributed by atoms with Gasteiger partial charge in [0.1, 0.15) is 0 Å². The lowest BCUT2D eigenvalue weighted by molar-refractivity contribution is 0.269. The van der Waals surface area contributed by atoms with Crippen molar-refractivity contribution in [1.82, 2.24) is 0 Å². The predicted octanol–water partition coefficient (Wildman–Crippen LogP) is -0.00470. The second kappa shape index (κ2) is 3.28. The van der Waals surface area contributed by atoms with E-state index >= 15 is 0 Å². The SMILES string of the molecule is Cl.NCC1CC1CO. The standard InChI is InChI=1S/C5H11NO.ClH/c6-2-4-1-5(4)3-7;/h4-5,7H,1-3,6H2;1H. The smallest absolute Gasteiger partial charge is 0.0462 e. The van der Waals surface area contributed by atoms with E-state index in [0.29, 0.717) is 18.4 Å². The van der Waals surface area contributed by atoms with E-state index < -0.39 is 0 Å². The van der Waals surface area contributed by atoms with Crippen molar-refractivity contribution in [3.8, 4) is 0 Å². The maximum absolute atomic E-state index is 8.45. The molecule has 1 fully saturated rings.